The van der Waals surface area contributed by atoms with Gasteiger partial charge in [-0.05, 0) is 45.6 Å². The highest BCUT2D eigenvalue weighted by Crippen LogP contribution is 2.36. The van der Waals surface area contributed by atoms with Crippen LogP contribution in [0.5, 0.6) is 0 Å². The molecule has 5 heteroatoms. The van der Waals surface area contributed by atoms with E-state index in [9.17, 15) is 0 Å². The fourth-order valence-electron chi connectivity index (χ4n) is 3.01. The molecule has 1 aromatic rings. The molecule has 0 spiro atoms. The molecular formula is C18H28BNO3. The van der Waals surface area contributed by atoms with Crippen LogP contribution in [0.1, 0.15) is 40.2 Å². The highest BCUT2D eigenvalue weighted by atomic mass is 16.7. The summed E-state index contributed by atoms with van der Waals surface area (Å²) in [7, 11) is -0.277. The Balaban J connectivity index is 1.56. The van der Waals surface area contributed by atoms with Gasteiger partial charge in [-0.15, -0.1) is 0 Å². The number of likely N-dealkylation sites (tertiary alicyclic amines) is 1. The molecule has 0 atom stereocenters. The molecule has 2 saturated heterocycles. The summed E-state index contributed by atoms with van der Waals surface area (Å²) < 4.78 is 17.8. The second-order valence-electron chi connectivity index (χ2n) is 7.60. The van der Waals surface area contributed by atoms with Crippen molar-refractivity contribution >= 4 is 12.6 Å². The van der Waals surface area contributed by atoms with Gasteiger partial charge in [0.05, 0.1) is 17.3 Å². The minimum absolute atomic E-state index is 0.277. The Hall–Kier alpha value is -0.875. The predicted octanol–water partition coefficient (Wildman–Crippen LogP) is 2.21. The van der Waals surface area contributed by atoms with E-state index in [1.165, 1.54) is 5.56 Å². The summed E-state index contributed by atoms with van der Waals surface area (Å²) in [6.07, 6.45) is 0.420. The lowest BCUT2D eigenvalue weighted by Crippen LogP contribution is -2.51. The topological polar surface area (TPSA) is 30.9 Å². The third-order valence-corrected chi connectivity index (χ3v) is 5.24. The lowest BCUT2D eigenvalue weighted by molar-refractivity contribution is -0.0531. The van der Waals surface area contributed by atoms with E-state index in [-0.39, 0.29) is 18.3 Å². The van der Waals surface area contributed by atoms with Gasteiger partial charge >= 0.3 is 7.12 Å². The van der Waals surface area contributed by atoms with Crippen molar-refractivity contribution in [3.8, 4) is 0 Å². The van der Waals surface area contributed by atoms with Crippen LogP contribution < -0.4 is 5.46 Å². The van der Waals surface area contributed by atoms with Crippen LogP contribution in [-0.4, -0.2) is 49.0 Å². The Morgan fingerprint density at radius 2 is 1.65 bits per heavy atom. The van der Waals surface area contributed by atoms with Crippen LogP contribution in [0.3, 0.4) is 0 Å². The molecule has 1 aromatic carbocycles. The van der Waals surface area contributed by atoms with Crippen LogP contribution in [0.2, 0.25) is 0 Å². The molecule has 2 fully saturated rings. The van der Waals surface area contributed by atoms with E-state index in [2.05, 4.69) is 63.8 Å². The molecule has 0 aromatic heterocycles. The fraction of sp³-hybridized carbons (Fsp3) is 0.667. The van der Waals surface area contributed by atoms with E-state index in [0.29, 0.717) is 6.10 Å². The first-order chi connectivity index (χ1) is 10.8. The van der Waals surface area contributed by atoms with Crippen LogP contribution in [0, 0.1) is 0 Å². The van der Waals surface area contributed by atoms with E-state index >= 15 is 0 Å². The number of rotatable bonds is 5. The van der Waals surface area contributed by atoms with Crippen LogP contribution in [0.25, 0.3) is 0 Å². The molecule has 0 N–H and O–H groups in total. The summed E-state index contributed by atoms with van der Waals surface area (Å²) in [6.45, 7) is 14.2. The molecule has 0 aliphatic carbocycles. The average Bonchev–Trinajstić information content (AvgIpc) is 2.66. The molecule has 0 saturated carbocycles. The van der Waals surface area contributed by atoms with Crippen molar-refractivity contribution in [3.63, 3.8) is 0 Å². The van der Waals surface area contributed by atoms with Crippen molar-refractivity contribution in [2.75, 3.05) is 19.7 Å². The fourth-order valence-corrected chi connectivity index (χ4v) is 3.01. The van der Waals surface area contributed by atoms with Gasteiger partial charge < -0.3 is 14.0 Å². The van der Waals surface area contributed by atoms with Gasteiger partial charge in [0, 0.05) is 26.2 Å². The highest BCUT2D eigenvalue weighted by Gasteiger charge is 2.51. The number of nitrogens with zero attached hydrogens (tertiary/aromatic N) is 1. The molecule has 0 radical (unpaired) electrons. The van der Waals surface area contributed by atoms with Crippen molar-refractivity contribution in [2.24, 2.45) is 0 Å². The molecule has 126 valence electrons. The minimum atomic E-state index is -0.289. The van der Waals surface area contributed by atoms with Crippen LogP contribution >= 0.6 is 0 Å². The molecule has 0 amide bonds. The van der Waals surface area contributed by atoms with Gasteiger partial charge in [-0.1, -0.05) is 24.3 Å². The van der Waals surface area contributed by atoms with E-state index in [1.807, 2.05) is 0 Å². The number of hydrogen-bond donors (Lipinski definition) is 0. The lowest BCUT2D eigenvalue weighted by atomic mass is 9.79. The first kappa shape index (κ1) is 17.0. The number of ether oxygens (including phenoxy) is 1. The Kier molecular flexibility index (Phi) is 4.58. The van der Waals surface area contributed by atoms with E-state index in [1.54, 1.807) is 0 Å². The maximum absolute atomic E-state index is 6.10. The van der Waals surface area contributed by atoms with Gasteiger partial charge in [0.1, 0.15) is 0 Å². The van der Waals surface area contributed by atoms with E-state index < -0.39 is 0 Å². The number of benzene rings is 1. The largest absolute Gasteiger partial charge is 0.494 e. The van der Waals surface area contributed by atoms with Gasteiger partial charge in [0.2, 0.25) is 0 Å². The Morgan fingerprint density at radius 3 is 2.17 bits per heavy atom. The van der Waals surface area contributed by atoms with Crippen molar-refractivity contribution in [3.05, 3.63) is 29.8 Å². The summed E-state index contributed by atoms with van der Waals surface area (Å²) >= 11 is 0. The van der Waals surface area contributed by atoms with Crippen molar-refractivity contribution in [2.45, 2.75) is 58.5 Å². The first-order valence-electron chi connectivity index (χ1n) is 8.59. The molecule has 3 rings (SSSR count). The Bertz CT molecular complexity index is 522. The van der Waals surface area contributed by atoms with Crippen LogP contribution in [-0.2, 0) is 20.6 Å². The molecule has 0 bridgehead atoms. The number of hydrogen-bond acceptors (Lipinski definition) is 4. The maximum Gasteiger partial charge on any atom is 0.494 e. The van der Waals surface area contributed by atoms with Crippen molar-refractivity contribution in [1.82, 2.24) is 4.90 Å². The first-order valence-corrected chi connectivity index (χ1v) is 8.59. The van der Waals surface area contributed by atoms with Crippen molar-refractivity contribution in [1.29, 1.82) is 0 Å². The minimum Gasteiger partial charge on any atom is -0.399 e. The van der Waals surface area contributed by atoms with Gasteiger partial charge in [-0.25, -0.2) is 0 Å². The highest BCUT2D eigenvalue weighted by molar-refractivity contribution is 6.62. The zero-order valence-electron chi connectivity index (χ0n) is 15.0. The summed E-state index contributed by atoms with van der Waals surface area (Å²) in [6, 6.07) is 8.59. The monoisotopic (exact) mass is 317 g/mol. The summed E-state index contributed by atoms with van der Waals surface area (Å²) in [5.74, 6) is 0. The maximum atomic E-state index is 6.10. The lowest BCUT2D eigenvalue weighted by Gasteiger charge is -2.38. The standard InChI is InChI=1S/C18H28BNO3/c1-6-21-16-12-20(13-16)11-14-7-9-15(10-8-14)19-22-17(2,3)18(4,5)23-19/h7-10,16H,6,11-13H2,1-5H3. The summed E-state index contributed by atoms with van der Waals surface area (Å²) in [5.41, 5.74) is 1.83. The molecular weight excluding hydrogens is 289 g/mol. The SMILES string of the molecule is CCOC1CN(Cc2ccc(B3OC(C)(C)C(C)(C)O3)cc2)C1. The summed E-state index contributed by atoms with van der Waals surface area (Å²) in [4.78, 5) is 2.41. The summed E-state index contributed by atoms with van der Waals surface area (Å²) in [5, 5.41) is 0. The quantitative estimate of drug-likeness (QED) is 0.779. The molecule has 2 heterocycles. The van der Waals surface area contributed by atoms with Gasteiger partial charge in [-0.3, -0.25) is 4.90 Å². The van der Waals surface area contributed by atoms with Gasteiger partial charge in [-0.2, -0.15) is 0 Å². The van der Waals surface area contributed by atoms with Crippen LogP contribution in [0.15, 0.2) is 24.3 Å². The predicted molar refractivity (Wildman–Crippen MR) is 92.8 cm³/mol. The normalized spacial score (nSPS) is 24.0. The average molecular weight is 317 g/mol. The second kappa shape index (κ2) is 6.21. The smallest absolute Gasteiger partial charge is 0.399 e. The second-order valence-corrected chi connectivity index (χ2v) is 7.60. The Labute approximate surface area is 140 Å². The van der Waals surface area contributed by atoms with Crippen molar-refractivity contribution < 1.29 is 14.0 Å². The zero-order chi connectivity index (χ0) is 16.7. The third kappa shape index (κ3) is 3.48. The molecule has 2 aliphatic heterocycles. The van der Waals surface area contributed by atoms with Gasteiger partial charge in [0.25, 0.3) is 0 Å². The van der Waals surface area contributed by atoms with E-state index in [0.717, 1.165) is 31.7 Å². The molecule has 0 unspecified atom stereocenters. The Morgan fingerprint density at radius 1 is 1.09 bits per heavy atom. The molecule has 2 aliphatic rings. The third-order valence-electron chi connectivity index (χ3n) is 5.24. The molecule has 23 heavy (non-hydrogen) atoms. The van der Waals surface area contributed by atoms with Gasteiger partial charge in [0.15, 0.2) is 0 Å². The van der Waals surface area contributed by atoms with E-state index in [4.69, 9.17) is 14.0 Å². The zero-order valence-corrected chi connectivity index (χ0v) is 15.0. The molecule has 4 nitrogen and oxygen atoms in total. The van der Waals surface area contributed by atoms with Crippen LogP contribution in [0.4, 0.5) is 0 Å².